The summed E-state index contributed by atoms with van der Waals surface area (Å²) in [5.41, 5.74) is 1.29. The summed E-state index contributed by atoms with van der Waals surface area (Å²) in [4.78, 5) is 13.9. The van der Waals surface area contributed by atoms with Crippen LogP contribution >= 0.6 is 0 Å². The predicted octanol–water partition coefficient (Wildman–Crippen LogP) is 2.64. The number of nitrogens with one attached hydrogen (secondary N) is 1. The molecule has 0 aromatic heterocycles. The molecule has 1 heterocycles. The maximum atomic E-state index is 13.1. The summed E-state index contributed by atoms with van der Waals surface area (Å²) in [5, 5.41) is 0. The van der Waals surface area contributed by atoms with Crippen LogP contribution in [0.2, 0.25) is 0 Å². The summed E-state index contributed by atoms with van der Waals surface area (Å²) in [6.07, 6.45) is 0.292. The van der Waals surface area contributed by atoms with Crippen LogP contribution < -0.4 is 14.4 Å². The monoisotopic (exact) mass is 350 g/mol. The maximum Gasteiger partial charge on any atom is 0.272 e. The topological polar surface area (TPSA) is 75.7 Å². The Kier molecular flexibility index (Phi) is 3.92. The molecule has 24 heavy (non-hydrogen) atoms. The third-order valence-corrected chi connectivity index (χ3v) is 4.07. The van der Waals surface area contributed by atoms with Gasteiger partial charge in [0.1, 0.15) is 11.6 Å². The van der Waals surface area contributed by atoms with E-state index in [2.05, 4.69) is 4.72 Å². The average molecular weight is 350 g/mol. The van der Waals surface area contributed by atoms with Gasteiger partial charge in [-0.15, -0.1) is 0 Å². The molecule has 6 nitrogen and oxygen atoms in total. The summed E-state index contributed by atoms with van der Waals surface area (Å²) in [6, 6.07) is 10.1. The highest BCUT2D eigenvalue weighted by Crippen LogP contribution is 2.40. The van der Waals surface area contributed by atoms with Crippen LogP contribution in [-0.2, 0) is 14.8 Å². The Balaban J connectivity index is 2.06. The fraction of sp³-hybridized carbons (Fsp3) is 0.188. The molecule has 0 saturated heterocycles. The minimum atomic E-state index is -3.43. The van der Waals surface area contributed by atoms with E-state index in [0.29, 0.717) is 22.8 Å². The van der Waals surface area contributed by atoms with E-state index in [-0.39, 0.29) is 5.91 Å². The molecule has 0 radical (unpaired) electrons. The molecule has 2 aromatic rings. The summed E-state index contributed by atoms with van der Waals surface area (Å²) in [5.74, 6) is -0.335. The second-order valence-electron chi connectivity index (χ2n) is 5.47. The van der Waals surface area contributed by atoms with Crippen LogP contribution in [-0.4, -0.2) is 26.7 Å². The van der Waals surface area contributed by atoms with Gasteiger partial charge in [0.15, 0.2) is 6.10 Å². The zero-order valence-electron chi connectivity index (χ0n) is 13.0. The van der Waals surface area contributed by atoms with Crippen molar-refractivity contribution in [2.24, 2.45) is 0 Å². The van der Waals surface area contributed by atoms with Crippen LogP contribution in [0.25, 0.3) is 0 Å². The first-order chi connectivity index (χ1) is 11.2. The second-order valence-corrected chi connectivity index (χ2v) is 7.22. The Labute approximate surface area is 138 Å². The third kappa shape index (κ3) is 3.18. The molecular formula is C16H15FN2O4S. The zero-order valence-corrected chi connectivity index (χ0v) is 13.8. The number of amides is 1. The normalized spacial score (nSPS) is 17.2. The number of hydrogen-bond acceptors (Lipinski definition) is 4. The molecule has 0 saturated carbocycles. The highest BCUT2D eigenvalue weighted by atomic mass is 32.2. The number of fused-ring (bicyclic) bond motifs is 1. The molecule has 1 N–H and O–H groups in total. The Morgan fingerprint density at radius 1 is 1.17 bits per heavy atom. The summed E-state index contributed by atoms with van der Waals surface area (Å²) in [7, 11) is -3.43. The number of carbonyl (C=O) groups excluding carboxylic acids is 1. The van der Waals surface area contributed by atoms with Crippen molar-refractivity contribution in [2.75, 3.05) is 15.9 Å². The Morgan fingerprint density at radius 2 is 1.83 bits per heavy atom. The molecule has 3 rings (SSSR count). The minimum absolute atomic E-state index is 0.294. The Bertz CT molecular complexity index is 897. The highest BCUT2D eigenvalue weighted by Gasteiger charge is 2.32. The molecule has 0 aliphatic carbocycles. The highest BCUT2D eigenvalue weighted by molar-refractivity contribution is 7.92. The Morgan fingerprint density at radius 3 is 2.46 bits per heavy atom. The second kappa shape index (κ2) is 5.79. The number of nitrogens with zero attached hydrogens (tertiary/aromatic N) is 1. The largest absolute Gasteiger partial charge is 0.479 e. The van der Waals surface area contributed by atoms with Crippen molar-refractivity contribution in [1.82, 2.24) is 0 Å². The van der Waals surface area contributed by atoms with Crippen molar-refractivity contribution in [2.45, 2.75) is 13.0 Å². The van der Waals surface area contributed by atoms with Gasteiger partial charge in [-0.2, -0.15) is 0 Å². The van der Waals surface area contributed by atoms with Crippen molar-refractivity contribution in [3.05, 3.63) is 48.3 Å². The predicted molar refractivity (Wildman–Crippen MR) is 88.5 cm³/mol. The molecule has 126 valence electrons. The number of benzene rings is 2. The van der Waals surface area contributed by atoms with Gasteiger partial charge in [-0.05, 0) is 43.3 Å². The molecule has 2 aromatic carbocycles. The van der Waals surface area contributed by atoms with Crippen molar-refractivity contribution in [1.29, 1.82) is 0 Å². The molecular weight excluding hydrogens is 335 g/mol. The van der Waals surface area contributed by atoms with E-state index in [1.165, 1.54) is 41.3 Å². The summed E-state index contributed by atoms with van der Waals surface area (Å²) < 4.78 is 43.8. The lowest BCUT2D eigenvalue weighted by Gasteiger charge is -2.33. The fourth-order valence-electron chi connectivity index (χ4n) is 2.47. The SMILES string of the molecule is CC1Oc2cc(NS(C)(=O)=O)ccc2N(c2ccc(F)cc2)C1=O. The van der Waals surface area contributed by atoms with Gasteiger partial charge in [0.25, 0.3) is 5.91 Å². The van der Waals surface area contributed by atoms with Crippen LogP contribution in [0.3, 0.4) is 0 Å². The first-order valence-corrected chi connectivity index (χ1v) is 9.02. The van der Waals surface area contributed by atoms with Gasteiger partial charge in [-0.1, -0.05) is 0 Å². The molecule has 0 bridgehead atoms. The van der Waals surface area contributed by atoms with Gasteiger partial charge < -0.3 is 4.74 Å². The van der Waals surface area contributed by atoms with Crippen molar-refractivity contribution < 1.29 is 22.3 Å². The van der Waals surface area contributed by atoms with E-state index in [9.17, 15) is 17.6 Å². The third-order valence-electron chi connectivity index (χ3n) is 3.46. The molecule has 0 fully saturated rings. The molecule has 0 spiro atoms. The van der Waals surface area contributed by atoms with E-state index in [0.717, 1.165) is 6.26 Å². The number of halogens is 1. The molecule has 1 amide bonds. The summed E-state index contributed by atoms with van der Waals surface area (Å²) in [6.45, 7) is 1.60. The molecule has 8 heteroatoms. The van der Waals surface area contributed by atoms with Gasteiger partial charge >= 0.3 is 0 Å². The first kappa shape index (κ1) is 16.3. The zero-order chi connectivity index (χ0) is 17.5. The van der Waals surface area contributed by atoms with Crippen LogP contribution in [0.1, 0.15) is 6.92 Å². The average Bonchev–Trinajstić information content (AvgIpc) is 2.48. The van der Waals surface area contributed by atoms with E-state index >= 15 is 0 Å². The van der Waals surface area contributed by atoms with Crippen LogP contribution in [0.5, 0.6) is 5.75 Å². The lowest BCUT2D eigenvalue weighted by molar-refractivity contribution is -0.124. The Hall–Kier alpha value is -2.61. The standard InChI is InChI=1S/C16H15FN2O4S/c1-10-16(20)19(13-6-3-11(17)4-7-13)14-8-5-12(9-15(14)23-10)18-24(2,21)22/h3-10,18H,1-2H3. The fourth-order valence-corrected chi connectivity index (χ4v) is 3.02. The number of hydrogen-bond donors (Lipinski definition) is 1. The van der Waals surface area contributed by atoms with Gasteiger partial charge in [0.05, 0.1) is 17.6 Å². The minimum Gasteiger partial charge on any atom is -0.479 e. The number of ether oxygens (including phenoxy) is 1. The quantitative estimate of drug-likeness (QED) is 0.923. The molecule has 1 unspecified atom stereocenters. The van der Waals surface area contributed by atoms with Crippen LogP contribution in [0, 0.1) is 5.82 Å². The van der Waals surface area contributed by atoms with E-state index in [1.54, 1.807) is 13.0 Å². The van der Waals surface area contributed by atoms with Gasteiger partial charge in [0.2, 0.25) is 10.0 Å². The maximum absolute atomic E-state index is 13.1. The summed E-state index contributed by atoms with van der Waals surface area (Å²) >= 11 is 0. The molecule has 1 atom stereocenters. The molecule has 1 aliphatic rings. The van der Waals surface area contributed by atoms with Gasteiger partial charge in [-0.3, -0.25) is 14.4 Å². The lowest BCUT2D eigenvalue weighted by Crippen LogP contribution is -2.41. The van der Waals surface area contributed by atoms with Crippen LogP contribution in [0.15, 0.2) is 42.5 Å². The van der Waals surface area contributed by atoms with E-state index < -0.39 is 21.9 Å². The van der Waals surface area contributed by atoms with Gasteiger partial charge in [-0.25, -0.2) is 12.8 Å². The van der Waals surface area contributed by atoms with Crippen LogP contribution in [0.4, 0.5) is 21.5 Å². The van der Waals surface area contributed by atoms with E-state index in [1.807, 2.05) is 0 Å². The smallest absolute Gasteiger partial charge is 0.272 e. The lowest BCUT2D eigenvalue weighted by atomic mass is 10.1. The first-order valence-electron chi connectivity index (χ1n) is 7.12. The number of rotatable bonds is 3. The van der Waals surface area contributed by atoms with Crippen molar-refractivity contribution in [3.8, 4) is 5.75 Å². The van der Waals surface area contributed by atoms with Gasteiger partial charge in [0, 0.05) is 11.8 Å². The van der Waals surface area contributed by atoms with E-state index in [4.69, 9.17) is 4.74 Å². The number of sulfonamides is 1. The number of carbonyl (C=O) groups is 1. The molecule has 1 aliphatic heterocycles. The van der Waals surface area contributed by atoms with Crippen molar-refractivity contribution >= 4 is 33.0 Å². The van der Waals surface area contributed by atoms with Crippen molar-refractivity contribution in [3.63, 3.8) is 0 Å². The number of anilines is 3.